The molecule has 2 rings (SSSR count). The molecular formula is C14H10F3NO2S. The summed E-state index contributed by atoms with van der Waals surface area (Å²) in [7, 11) is 0. The van der Waals surface area contributed by atoms with Gasteiger partial charge in [-0.3, -0.25) is 4.79 Å². The summed E-state index contributed by atoms with van der Waals surface area (Å²) in [6.07, 6.45) is 0. The van der Waals surface area contributed by atoms with Crippen molar-refractivity contribution < 1.29 is 23.1 Å². The fourth-order valence-corrected chi connectivity index (χ4v) is 2.25. The summed E-state index contributed by atoms with van der Waals surface area (Å²) in [5.74, 6) is -4.54. The maximum Gasteiger partial charge on any atom is 0.288 e. The van der Waals surface area contributed by atoms with E-state index in [4.69, 9.17) is 0 Å². The predicted molar refractivity (Wildman–Crippen MR) is 74.3 cm³/mol. The molecule has 0 aromatic heterocycles. The number of alkyl halides is 2. The molecule has 0 spiro atoms. The monoisotopic (exact) mass is 313 g/mol. The Morgan fingerprint density at radius 3 is 2.57 bits per heavy atom. The van der Waals surface area contributed by atoms with Crippen LogP contribution in [-0.2, 0) is 0 Å². The van der Waals surface area contributed by atoms with Crippen molar-refractivity contribution >= 4 is 23.4 Å². The Morgan fingerprint density at radius 2 is 1.90 bits per heavy atom. The van der Waals surface area contributed by atoms with Crippen LogP contribution in [0.2, 0.25) is 0 Å². The summed E-state index contributed by atoms with van der Waals surface area (Å²) in [6, 6.07) is 8.98. The number of nitrogens with one attached hydrogen (secondary N) is 1. The lowest BCUT2D eigenvalue weighted by atomic mass is 10.2. The number of amides is 1. The fraction of sp³-hybridized carbons (Fsp3) is 0.0714. The van der Waals surface area contributed by atoms with Crippen LogP contribution in [0.15, 0.2) is 47.4 Å². The van der Waals surface area contributed by atoms with Crippen LogP contribution in [0.5, 0.6) is 5.75 Å². The molecule has 0 aliphatic rings. The zero-order valence-corrected chi connectivity index (χ0v) is 11.3. The number of benzene rings is 2. The average Bonchev–Trinajstić information content (AvgIpc) is 2.40. The first kappa shape index (κ1) is 15.2. The second-order valence-electron chi connectivity index (χ2n) is 3.99. The lowest BCUT2D eigenvalue weighted by Crippen LogP contribution is -2.13. The minimum atomic E-state index is -2.62. The first-order valence-electron chi connectivity index (χ1n) is 5.81. The molecule has 0 saturated heterocycles. The van der Waals surface area contributed by atoms with E-state index in [1.165, 1.54) is 12.1 Å². The number of phenols is 1. The van der Waals surface area contributed by atoms with Crippen LogP contribution in [0, 0.1) is 5.82 Å². The standard InChI is InChI=1S/C14H10F3NO2S/c15-8-5-6-9(11(19)7-8)13(20)18-10-3-1-2-4-12(10)21-14(16)17/h1-7,14,19H,(H,18,20). The van der Waals surface area contributed by atoms with Gasteiger partial charge in [-0.1, -0.05) is 23.9 Å². The highest BCUT2D eigenvalue weighted by atomic mass is 32.2. The fourth-order valence-electron chi connectivity index (χ4n) is 1.66. The molecule has 7 heteroatoms. The molecule has 0 radical (unpaired) electrons. The normalized spacial score (nSPS) is 10.7. The lowest BCUT2D eigenvalue weighted by molar-refractivity contribution is 0.102. The summed E-state index contributed by atoms with van der Waals surface area (Å²) in [6.45, 7) is 0. The molecule has 3 nitrogen and oxygen atoms in total. The number of aromatic hydroxyl groups is 1. The van der Waals surface area contributed by atoms with Gasteiger partial charge < -0.3 is 10.4 Å². The van der Waals surface area contributed by atoms with Crippen molar-refractivity contribution in [3.8, 4) is 5.75 Å². The van der Waals surface area contributed by atoms with E-state index in [0.29, 0.717) is 11.8 Å². The lowest BCUT2D eigenvalue weighted by Gasteiger charge is -2.11. The average molecular weight is 313 g/mol. The summed E-state index contributed by atoms with van der Waals surface area (Å²) in [5, 5.41) is 11.9. The highest BCUT2D eigenvalue weighted by Gasteiger charge is 2.15. The molecule has 0 bridgehead atoms. The van der Waals surface area contributed by atoms with Crippen LogP contribution < -0.4 is 5.32 Å². The SMILES string of the molecule is O=C(Nc1ccccc1SC(F)F)c1ccc(F)cc1O. The van der Waals surface area contributed by atoms with E-state index in [1.807, 2.05) is 0 Å². The molecule has 2 aromatic rings. The number of hydrogen-bond donors (Lipinski definition) is 2. The van der Waals surface area contributed by atoms with Gasteiger partial charge in [0.25, 0.3) is 11.7 Å². The van der Waals surface area contributed by atoms with Gasteiger partial charge in [0.05, 0.1) is 11.3 Å². The first-order chi connectivity index (χ1) is 9.97. The molecule has 2 aromatic carbocycles. The molecule has 1 amide bonds. The van der Waals surface area contributed by atoms with Crippen LogP contribution in [0.25, 0.3) is 0 Å². The van der Waals surface area contributed by atoms with E-state index in [9.17, 15) is 23.1 Å². The number of thioether (sulfide) groups is 1. The molecule has 2 N–H and O–H groups in total. The van der Waals surface area contributed by atoms with E-state index in [-0.39, 0.29) is 16.1 Å². The van der Waals surface area contributed by atoms with Gasteiger partial charge in [-0.15, -0.1) is 0 Å². The van der Waals surface area contributed by atoms with Crippen LogP contribution in [-0.4, -0.2) is 16.8 Å². The minimum absolute atomic E-state index is 0.145. The van der Waals surface area contributed by atoms with Crippen molar-refractivity contribution in [3.05, 3.63) is 53.8 Å². The number of rotatable bonds is 4. The van der Waals surface area contributed by atoms with Gasteiger partial charge in [0.15, 0.2) is 0 Å². The second-order valence-corrected chi connectivity index (χ2v) is 5.02. The number of anilines is 1. The minimum Gasteiger partial charge on any atom is -0.507 e. The Balaban J connectivity index is 2.23. The summed E-state index contributed by atoms with van der Waals surface area (Å²) in [4.78, 5) is 12.2. The molecule has 0 fully saturated rings. The Kier molecular flexibility index (Phi) is 4.74. The third-order valence-electron chi connectivity index (χ3n) is 2.56. The smallest absolute Gasteiger partial charge is 0.288 e. The molecule has 0 heterocycles. The van der Waals surface area contributed by atoms with Gasteiger partial charge in [-0.2, -0.15) is 8.78 Å². The number of halogens is 3. The maximum absolute atomic E-state index is 12.9. The molecule has 0 atom stereocenters. The number of carbonyl (C=O) groups excluding carboxylic acids is 1. The van der Waals surface area contributed by atoms with Crippen LogP contribution >= 0.6 is 11.8 Å². The number of hydrogen-bond acceptors (Lipinski definition) is 3. The Labute approximate surface area is 122 Å². The maximum atomic E-state index is 12.9. The quantitative estimate of drug-likeness (QED) is 0.836. The Morgan fingerprint density at radius 1 is 1.19 bits per heavy atom. The van der Waals surface area contributed by atoms with Crippen LogP contribution in [0.3, 0.4) is 0 Å². The number of para-hydroxylation sites is 1. The zero-order chi connectivity index (χ0) is 15.4. The Bertz CT molecular complexity index is 664. The molecular weight excluding hydrogens is 303 g/mol. The first-order valence-corrected chi connectivity index (χ1v) is 6.69. The van der Waals surface area contributed by atoms with Gasteiger partial charge >= 0.3 is 0 Å². The van der Waals surface area contributed by atoms with Crippen LogP contribution in [0.4, 0.5) is 18.9 Å². The molecule has 0 saturated carbocycles. The molecule has 0 aliphatic heterocycles. The van der Waals surface area contributed by atoms with E-state index >= 15 is 0 Å². The van der Waals surface area contributed by atoms with Crippen molar-refractivity contribution in [2.75, 3.05) is 5.32 Å². The van der Waals surface area contributed by atoms with Gasteiger partial charge in [-0.05, 0) is 24.3 Å². The summed E-state index contributed by atoms with van der Waals surface area (Å²) < 4.78 is 37.7. The predicted octanol–water partition coefficient (Wildman–Crippen LogP) is 4.10. The molecule has 0 aliphatic carbocycles. The van der Waals surface area contributed by atoms with Crippen molar-refractivity contribution in [1.82, 2.24) is 0 Å². The van der Waals surface area contributed by atoms with Gasteiger partial charge in [0.2, 0.25) is 0 Å². The third kappa shape index (κ3) is 3.91. The topological polar surface area (TPSA) is 49.3 Å². The van der Waals surface area contributed by atoms with E-state index in [0.717, 1.165) is 18.2 Å². The summed E-state index contributed by atoms with van der Waals surface area (Å²) >= 11 is 0.298. The second kappa shape index (κ2) is 6.53. The number of phenolic OH excluding ortho intramolecular Hbond substituents is 1. The number of carbonyl (C=O) groups is 1. The third-order valence-corrected chi connectivity index (χ3v) is 3.34. The van der Waals surface area contributed by atoms with Crippen molar-refractivity contribution in [2.24, 2.45) is 0 Å². The van der Waals surface area contributed by atoms with Gasteiger partial charge in [0, 0.05) is 11.0 Å². The van der Waals surface area contributed by atoms with E-state index in [1.54, 1.807) is 12.1 Å². The molecule has 110 valence electrons. The van der Waals surface area contributed by atoms with Gasteiger partial charge in [0.1, 0.15) is 11.6 Å². The highest BCUT2D eigenvalue weighted by molar-refractivity contribution is 7.99. The van der Waals surface area contributed by atoms with E-state index < -0.39 is 23.2 Å². The zero-order valence-electron chi connectivity index (χ0n) is 10.5. The Hall–Kier alpha value is -2.15. The van der Waals surface area contributed by atoms with Crippen molar-refractivity contribution in [3.63, 3.8) is 0 Å². The summed E-state index contributed by atoms with van der Waals surface area (Å²) in [5.41, 5.74) is 0.0461. The molecule has 21 heavy (non-hydrogen) atoms. The van der Waals surface area contributed by atoms with E-state index in [2.05, 4.69) is 5.32 Å². The van der Waals surface area contributed by atoms with Gasteiger partial charge in [-0.25, -0.2) is 4.39 Å². The van der Waals surface area contributed by atoms with Crippen molar-refractivity contribution in [1.29, 1.82) is 0 Å². The largest absolute Gasteiger partial charge is 0.507 e. The van der Waals surface area contributed by atoms with Crippen LogP contribution in [0.1, 0.15) is 10.4 Å². The highest BCUT2D eigenvalue weighted by Crippen LogP contribution is 2.32. The van der Waals surface area contributed by atoms with Crippen molar-refractivity contribution in [2.45, 2.75) is 10.7 Å². The molecule has 0 unspecified atom stereocenters.